The molecule has 2 heterocycles. The average Bonchev–Trinajstić information content (AvgIpc) is 2.51. The minimum Gasteiger partial charge on any atom is -0.311 e. The lowest BCUT2D eigenvalue weighted by Gasteiger charge is -2.44. The molecule has 3 aliphatic rings. The average molecular weight is 297 g/mol. The van der Waals surface area contributed by atoms with Crippen LogP contribution in [0.5, 0.6) is 0 Å². The molecule has 2 nitrogen and oxygen atoms in total. The second kappa shape index (κ2) is 7.51. The Bertz CT molecular complexity index is 285. The van der Waals surface area contributed by atoms with Gasteiger partial charge in [-0.15, -0.1) is 0 Å². The molecule has 1 N–H and O–H groups in total. The van der Waals surface area contributed by atoms with E-state index in [9.17, 15) is 0 Å². The number of thioether (sulfide) groups is 1. The quantitative estimate of drug-likeness (QED) is 0.858. The molecule has 1 aliphatic carbocycles. The highest BCUT2D eigenvalue weighted by Gasteiger charge is 2.32. The number of hydrogen-bond donors (Lipinski definition) is 1. The summed E-state index contributed by atoms with van der Waals surface area (Å²) in [5.74, 6) is 2.36. The van der Waals surface area contributed by atoms with E-state index in [1.165, 1.54) is 76.8 Å². The molecule has 1 saturated carbocycles. The summed E-state index contributed by atoms with van der Waals surface area (Å²) in [5, 5.41) is 4.77. The van der Waals surface area contributed by atoms with Crippen molar-refractivity contribution in [1.29, 1.82) is 0 Å². The van der Waals surface area contributed by atoms with Crippen molar-refractivity contribution >= 4 is 11.8 Å². The van der Waals surface area contributed by atoms with E-state index in [0.29, 0.717) is 0 Å². The number of piperazine rings is 1. The van der Waals surface area contributed by atoms with Gasteiger partial charge < -0.3 is 5.32 Å². The lowest BCUT2D eigenvalue weighted by atomic mass is 9.82. The van der Waals surface area contributed by atoms with Crippen molar-refractivity contribution in [1.82, 2.24) is 10.2 Å². The molecule has 20 heavy (non-hydrogen) atoms. The Morgan fingerprint density at radius 3 is 2.60 bits per heavy atom. The van der Waals surface area contributed by atoms with Crippen molar-refractivity contribution in [2.24, 2.45) is 5.92 Å². The molecule has 2 saturated heterocycles. The van der Waals surface area contributed by atoms with Crippen molar-refractivity contribution in [3.8, 4) is 0 Å². The summed E-state index contributed by atoms with van der Waals surface area (Å²) >= 11 is 2.23. The topological polar surface area (TPSA) is 15.3 Å². The van der Waals surface area contributed by atoms with Gasteiger partial charge in [0.15, 0.2) is 0 Å². The first kappa shape index (κ1) is 15.2. The first-order chi connectivity index (χ1) is 9.83. The fourth-order valence-electron chi connectivity index (χ4n) is 4.27. The predicted octanol–water partition coefficient (Wildman–Crippen LogP) is 3.51. The molecule has 0 bridgehead atoms. The smallest absolute Gasteiger partial charge is 0.0224 e. The van der Waals surface area contributed by atoms with E-state index >= 15 is 0 Å². The monoisotopic (exact) mass is 296 g/mol. The number of hydrogen-bond acceptors (Lipinski definition) is 3. The lowest BCUT2D eigenvalue weighted by molar-refractivity contribution is 0.104. The fourth-order valence-corrected chi connectivity index (χ4v) is 5.60. The van der Waals surface area contributed by atoms with Crippen LogP contribution in [0.3, 0.4) is 0 Å². The molecule has 2 aliphatic heterocycles. The van der Waals surface area contributed by atoms with Gasteiger partial charge in [-0.05, 0) is 44.3 Å². The minimum atomic E-state index is 0.734. The molecule has 0 spiro atoms. The van der Waals surface area contributed by atoms with Crippen LogP contribution in [0.15, 0.2) is 0 Å². The number of rotatable bonds is 3. The summed E-state index contributed by atoms with van der Waals surface area (Å²) in [4.78, 5) is 2.80. The van der Waals surface area contributed by atoms with Crippen LogP contribution in [-0.4, -0.2) is 47.6 Å². The molecule has 0 radical (unpaired) electrons. The molecular weight excluding hydrogens is 264 g/mol. The van der Waals surface area contributed by atoms with Crippen LogP contribution in [0.1, 0.15) is 58.3 Å². The van der Waals surface area contributed by atoms with Crippen LogP contribution in [0, 0.1) is 5.92 Å². The van der Waals surface area contributed by atoms with Crippen LogP contribution in [0.4, 0.5) is 0 Å². The van der Waals surface area contributed by atoms with Gasteiger partial charge >= 0.3 is 0 Å². The molecule has 0 aromatic carbocycles. The highest BCUT2D eigenvalue weighted by Crippen LogP contribution is 2.30. The highest BCUT2D eigenvalue weighted by molar-refractivity contribution is 7.99. The van der Waals surface area contributed by atoms with E-state index in [4.69, 9.17) is 0 Å². The van der Waals surface area contributed by atoms with E-state index < -0.39 is 0 Å². The Balaban J connectivity index is 1.52. The summed E-state index contributed by atoms with van der Waals surface area (Å²) in [6.07, 6.45) is 11.7. The number of nitrogens with zero attached hydrogens (tertiary/aromatic N) is 1. The molecule has 0 aromatic heterocycles. The molecule has 3 heteroatoms. The van der Waals surface area contributed by atoms with Crippen LogP contribution >= 0.6 is 11.8 Å². The zero-order valence-electron chi connectivity index (χ0n) is 13.2. The second-order valence-electron chi connectivity index (χ2n) is 7.20. The van der Waals surface area contributed by atoms with Gasteiger partial charge in [0, 0.05) is 37.0 Å². The largest absolute Gasteiger partial charge is 0.311 e. The maximum atomic E-state index is 3.86. The van der Waals surface area contributed by atoms with Gasteiger partial charge in [0.1, 0.15) is 0 Å². The third-order valence-corrected chi connectivity index (χ3v) is 7.04. The molecule has 3 fully saturated rings. The Morgan fingerprint density at radius 1 is 1.05 bits per heavy atom. The predicted molar refractivity (Wildman–Crippen MR) is 89.5 cm³/mol. The van der Waals surface area contributed by atoms with Crippen molar-refractivity contribution in [2.75, 3.05) is 25.4 Å². The molecule has 3 rings (SSSR count). The van der Waals surface area contributed by atoms with Gasteiger partial charge in [-0.1, -0.05) is 25.7 Å². The summed E-state index contributed by atoms with van der Waals surface area (Å²) in [5.41, 5.74) is 0. The molecule has 3 unspecified atom stereocenters. The van der Waals surface area contributed by atoms with Gasteiger partial charge in [-0.25, -0.2) is 0 Å². The van der Waals surface area contributed by atoms with E-state index in [1.54, 1.807) is 0 Å². The van der Waals surface area contributed by atoms with Gasteiger partial charge in [0.2, 0.25) is 0 Å². The normalized spacial score (nSPS) is 38.0. The maximum absolute atomic E-state index is 3.86. The van der Waals surface area contributed by atoms with E-state index in [1.807, 2.05) is 0 Å². The summed E-state index contributed by atoms with van der Waals surface area (Å²) in [6.45, 7) is 6.27. The highest BCUT2D eigenvalue weighted by atomic mass is 32.2. The zero-order valence-corrected chi connectivity index (χ0v) is 14.0. The molecular formula is C17H32N2S. The van der Waals surface area contributed by atoms with E-state index in [-0.39, 0.29) is 0 Å². The van der Waals surface area contributed by atoms with Crippen LogP contribution in [0.2, 0.25) is 0 Å². The van der Waals surface area contributed by atoms with Crippen LogP contribution < -0.4 is 5.32 Å². The van der Waals surface area contributed by atoms with Crippen LogP contribution in [-0.2, 0) is 0 Å². The molecule has 3 atom stereocenters. The number of nitrogens with one attached hydrogen (secondary N) is 1. The van der Waals surface area contributed by atoms with E-state index in [0.717, 1.165) is 23.3 Å². The van der Waals surface area contributed by atoms with Crippen molar-refractivity contribution in [3.05, 3.63) is 0 Å². The minimum absolute atomic E-state index is 0.734. The van der Waals surface area contributed by atoms with Crippen molar-refractivity contribution in [2.45, 2.75) is 75.6 Å². The second-order valence-corrected chi connectivity index (χ2v) is 8.61. The third-order valence-electron chi connectivity index (χ3n) is 5.66. The van der Waals surface area contributed by atoms with Gasteiger partial charge in [0.25, 0.3) is 0 Å². The van der Waals surface area contributed by atoms with Gasteiger partial charge in [0.05, 0.1) is 0 Å². The Labute approximate surface area is 129 Å². The first-order valence-corrected chi connectivity index (χ1v) is 9.97. The van der Waals surface area contributed by atoms with Crippen LogP contribution in [0.25, 0.3) is 0 Å². The van der Waals surface area contributed by atoms with Crippen molar-refractivity contribution < 1.29 is 0 Å². The fraction of sp³-hybridized carbons (Fsp3) is 1.00. The Hall–Kier alpha value is 0.270. The molecule has 116 valence electrons. The van der Waals surface area contributed by atoms with Gasteiger partial charge in [-0.3, -0.25) is 4.90 Å². The lowest BCUT2D eigenvalue weighted by Crippen LogP contribution is -2.59. The van der Waals surface area contributed by atoms with Gasteiger partial charge in [-0.2, -0.15) is 11.8 Å². The zero-order chi connectivity index (χ0) is 13.8. The summed E-state index contributed by atoms with van der Waals surface area (Å²) in [6, 6.07) is 1.51. The Morgan fingerprint density at radius 2 is 1.85 bits per heavy atom. The third kappa shape index (κ3) is 3.92. The SMILES string of the molecule is CC1CNC(C2CCCCC2)CN1CC1CCCCS1. The molecule has 0 aromatic rings. The maximum Gasteiger partial charge on any atom is 0.0224 e. The Kier molecular flexibility index (Phi) is 5.70. The van der Waals surface area contributed by atoms with Crippen molar-refractivity contribution in [3.63, 3.8) is 0 Å². The standard InChI is InChI=1S/C17H32N2S/c1-14-11-18-17(15-7-3-2-4-8-15)13-19(14)12-16-9-5-6-10-20-16/h14-18H,2-13H2,1H3. The first-order valence-electron chi connectivity index (χ1n) is 8.92. The summed E-state index contributed by atoms with van der Waals surface area (Å²) < 4.78 is 0. The summed E-state index contributed by atoms with van der Waals surface area (Å²) in [7, 11) is 0. The van der Waals surface area contributed by atoms with E-state index in [2.05, 4.69) is 28.9 Å². The molecule has 0 amide bonds.